The van der Waals surface area contributed by atoms with Crippen LogP contribution in [-0.2, 0) is 9.47 Å². The predicted octanol–water partition coefficient (Wildman–Crippen LogP) is 0.664. The van der Waals surface area contributed by atoms with E-state index in [4.69, 9.17) is 21.7 Å². The fourth-order valence-corrected chi connectivity index (χ4v) is 1.86. The zero-order valence-corrected chi connectivity index (χ0v) is 10.2. The highest BCUT2D eigenvalue weighted by atomic mass is 32.1. The second-order valence-corrected chi connectivity index (χ2v) is 4.25. The minimum Gasteiger partial charge on any atom is -0.383 e. The number of hydrogen-bond donors (Lipinski definition) is 2. The van der Waals surface area contributed by atoms with Crippen LogP contribution in [0, 0.1) is 0 Å². The van der Waals surface area contributed by atoms with Gasteiger partial charge in [0, 0.05) is 26.3 Å². The normalized spacial score (nSPS) is 22.4. The molecule has 2 N–H and O–H groups in total. The van der Waals surface area contributed by atoms with E-state index in [0.29, 0.717) is 17.8 Å². The van der Waals surface area contributed by atoms with E-state index in [1.54, 1.807) is 7.11 Å². The molecule has 88 valence electrons. The van der Waals surface area contributed by atoms with Crippen LogP contribution < -0.4 is 10.6 Å². The van der Waals surface area contributed by atoms with E-state index in [0.717, 1.165) is 26.0 Å². The Labute approximate surface area is 96.7 Å². The molecule has 15 heavy (non-hydrogen) atoms. The van der Waals surface area contributed by atoms with Gasteiger partial charge in [-0.1, -0.05) is 0 Å². The quantitative estimate of drug-likeness (QED) is 0.682. The van der Waals surface area contributed by atoms with Crippen LogP contribution in [0.1, 0.15) is 19.8 Å². The van der Waals surface area contributed by atoms with Gasteiger partial charge in [0.05, 0.1) is 12.7 Å². The molecule has 0 aromatic carbocycles. The Hall–Kier alpha value is -0.390. The van der Waals surface area contributed by atoms with Gasteiger partial charge in [0.1, 0.15) is 0 Å². The summed E-state index contributed by atoms with van der Waals surface area (Å²) in [7, 11) is 1.68. The highest BCUT2D eigenvalue weighted by molar-refractivity contribution is 7.80. The maximum absolute atomic E-state index is 5.48. The van der Waals surface area contributed by atoms with Gasteiger partial charge in [-0.25, -0.2) is 0 Å². The summed E-state index contributed by atoms with van der Waals surface area (Å²) in [6.07, 6.45) is 2.61. The van der Waals surface area contributed by atoms with Crippen LogP contribution in [0.3, 0.4) is 0 Å². The summed E-state index contributed by atoms with van der Waals surface area (Å²) in [4.78, 5) is 0. The first kappa shape index (κ1) is 12.7. The van der Waals surface area contributed by atoms with Gasteiger partial charge in [-0.05, 0) is 32.0 Å². The van der Waals surface area contributed by atoms with E-state index < -0.39 is 0 Å². The van der Waals surface area contributed by atoms with Crippen molar-refractivity contribution in [3.63, 3.8) is 0 Å². The number of ether oxygens (including phenoxy) is 2. The van der Waals surface area contributed by atoms with Gasteiger partial charge < -0.3 is 20.1 Å². The topological polar surface area (TPSA) is 42.5 Å². The molecule has 0 aliphatic carbocycles. The molecule has 2 unspecified atom stereocenters. The largest absolute Gasteiger partial charge is 0.383 e. The van der Waals surface area contributed by atoms with Crippen LogP contribution >= 0.6 is 12.2 Å². The molecule has 1 rings (SSSR count). The number of rotatable bonds is 5. The van der Waals surface area contributed by atoms with Crippen molar-refractivity contribution in [1.29, 1.82) is 0 Å². The minimum absolute atomic E-state index is 0.236. The zero-order chi connectivity index (χ0) is 11.1. The lowest BCUT2D eigenvalue weighted by molar-refractivity contribution is 0.114. The Balaban J connectivity index is 2.07. The van der Waals surface area contributed by atoms with Crippen molar-refractivity contribution in [2.45, 2.75) is 31.9 Å². The summed E-state index contributed by atoms with van der Waals surface area (Å²) in [5, 5.41) is 6.97. The van der Waals surface area contributed by atoms with Gasteiger partial charge in [0.2, 0.25) is 0 Å². The van der Waals surface area contributed by atoms with Gasteiger partial charge >= 0.3 is 0 Å². The standard InChI is InChI=1S/C10H20N2O2S/c1-8(7-13-2)12-10(15)11-6-9-4-3-5-14-9/h8-9H,3-7H2,1-2H3,(H2,11,12,15). The van der Waals surface area contributed by atoms with Gasteiger partial charge in [-0.3, -0.25) is 0 Å². The molecule has 1 aliphatic heterocycles. The van der Waals surface area contributed by atoms with Gasteiger partial charge in [-0.2, -0.15) is 0 Å². The first-order valence-electron chi connectivity index (χ1n) is 5.37. The maximum atomic E-state index is 5.48. The average molecular weight is 232 g/mol. The van der Waals surface area contributed by atoms with Crippen LogP contribution in [0.15, 0.2) is 0 Å². The molecule has 5 heteroatoms. The van der Waals surface area contributed by atoms with Crippen molar-refractivity contribution in [3.05, 3.63) is 0 Å². The van der Waals surface area contributed by atoms with Crippen molar-refractivity contribution < 1.29 is 9.47 Å². The van der Waals surface area contributed by atoms with Crippen LogP contribution in [0.2, 0.25) is 0 Å². The van der Waals surface area contributed by atoms with Crippen LogP contribution in [0.5, 0.6) is 0 Å². The smallest absolute Gasteiger partial charge is 0.166 e. The molecule has 1 heterocycles. The highest BCUT2D eigenvalue weighted by Gasteiger charge is 2.15. The van der Waals surface area contributed by atoms with Crippen LogP contribution in [-0.4, -0.2) is 44.1 Å². The van der Waals surface area contributed by atoms with E-state index in [-0.39, 0.29) is 6.04 Å². The number of hydrogen-bond acceptors (Lipinski definition) is 3. The SMILES string of the molecule is COCC(C)NC(=S)NCC1CCCO1. The van der Waals surface area contributed by atoms with Gasteiger partial charge in [-0.15, -0.1) is 0 Å². The Morgan fingerprint density at radius 1 is 1.67 bits per heavy atom. The van der Waals surface area contributed by atoms with Crippen LogP contribution in [0.25, 0.3) is 0 Å². The highest BCUT2D eigenvalue weighted by Crippen LogP contribution is 2.10. The molecule has 4 nitrogen and oxygen atoms in total. The molecule has 0 amide bonds. The van der Waals surface area contributed by atoms with E-state index in [2.05, 4.69) is 10.6 Å². The summed E-state index contributed by atoms with van der Waals surface area (Å²) < 4.78 is 10.5. The third-order valence-electron chi connectivity index (χ3n) is 2.31. The first-order valence-corrected chi connectivity index (χ1v) is 5.78. The van der Waals surface area contributed by atoms with Crippen molar-refractivity contribution in [1.82, 2.24) is 10.6 Å². The van der Waals surface area contributed by atoms with Crippen LogP contribution in [0.4, 0.5) is 0 Å². The molecule has 0 radical (unpaired) electrons. The monoisotopic (exact) mass is 232 g/mol. The molecule has 2 atom stereocenters. The molecule has 0 spiro atoms. The predicted molar refractivity (Wildman–Crippen MR) is 64.0 cm³/mol. The second kappa shape index (κ2) is 6.98. The molecule has 0 saturated carbocycles. The van der Waals surface area contributed by atoms with Crippen molar-refractivity contribution >= 4 is 17.3 Å². The molecule has 1 saturated heterocycles. The Morgan fingerprint density at radius 2 is 2.47 bits per heavy atom. The minimum atomic E-state index is 0.236. The Kier molecular flexibility index (Phi) is 5.90. The summed E-state index contributed by atoms with van der Waals surface area (Å²) in [6.45, 7) is 4.36. The van der Waals surface area contributed by atoms with E-state index in [1.165, 1.54) is 0 Å². The molecule has 0 aromatic heterocycles. The lowest BCUT2D eigenvalue weighted by Gasteiger charge is -2.17. The molecular weight excluding hydrogens is 212 g/mol. The van der Waals surface area contributed by atoms with E-state index in [1.807, 2.05) is 6.92 Å². The Morgan fingerprint density at radius 3 is 3.07 bits per heavy atom. The number of methoxy groups -OCH3 is 1. The van der Waals surface area contributed by atoms with Gasteiger partial charge in [0.15, 0.2) is 5.11 Å². The third kappa shape index (κ3) is 5.30. The lowest BCUT2D eigenvalue weighted by atomic mass is 10.2. The van der Waals surface area contributed by atoms with E-state index in [9.17, 15) is 0 Å². The maximum Gasteiger partial charge on any atom is 0.166 e. The molecule has 0 bridgehead atoms. The average Bonchev–Trinajstić information content (AvgIpc) is 2.67. The second-order valence-electron chi connectivity index (χ2n) is 3.85. The summed E-state index contributed by atoms with van der Waals surface area (Å²) >= 11 is 5.15. The van der Waals surface area contributed by atoms with Gasteiger partial charge in [0.25, 0.3) is 0 Å². The van der Waals surface area contributed by atoms with E-state index >= 15 is 0 Å². The molecule has 0 aromatic rings. The van der Waals surface area contributed by atoms with Crippen molar-refractivity contribution in [3.8, 4) is 0 Å². The first-order chi connectivity index (χ1) is 7.22. The van der Waals surface area contributed by atoms with Crippen molar-refractivity contribution in [2.75, 3.05) is 26.9 Å². The zero-order valence-electron chi connectivity index (χ0n) is 9.41. The number of thiocarbonyl (C=S) groups is 1. The fraction of sp³-hybridized carbons (Fsp3) is 0.900. The molecular formula is C10H20N2O2S. The molecule has 1 fully saturated rings. The summed E-state index contributed by atoms with van der Waals surface area (Å²) in [5.41, 5.74) is 0. The summed E-state index contributed by atoms with van der Waals surface area (Å²) in [5.74, 6) is 0. The van der Waals surface area contributed by atoms with Crippen molar-refractivity contribution in [2.24, 2.45) is 0 Å². The number of nitrogens with one attached hydrogen (secondary N) is 2. The summed E-state index contributed by atoms with van der Waals surface area (Å²) in [6, 6.07) is 0.236. The fourth-order valence-electron chi connectivity index (χ4n) is 1.58. The molecule has 1 aliphatic rings. The lowest BCUT2D eigenvalue weighted by Crippen LogP contribution is -2.44. The third-order valence-corrected chi connectivity index (χ3v) is 2.57. The Bertz CT molecular complexity index is 196.